The maximum Gasteiger partial charge on any atom is 0.142 e. The normalized spacial score (nSPS) is 10.6. The molecule has 0 saturated heterocycles. The van der Waals surface area contributed by atoms with Crippen molar-refractivity contribution in [1.82, 2.24) is 5.32 Å². The van der Waals surface area contributed by atoms with E-state index in [-0.39, 0.29) is 5.02 Å². The van der Waals surface area contributed by atoms with E-state index in [1.54, 1.807) is 6.07 Å². The second-order valence-corrected chi connectivity index (χ2v) is 4.87. The molecule has 0 aliphatic heterocycles. The molecule has 106 valence electrons. The average Bonchev–Trinajstić information content (AvgIpc) is 2.47. The van der Waals surface area contributed by atoms with E-state index in [0.29, 0.717) is 6.61 Å². The van der Waals surface area contributed by atoms with Gasteiger partial charge in [0.1, 0.15) is 18.2 Å². The van der Waals surface area contributed by atoms with Crippen molar-refractivity contribution in [3.63, 3.8) is 0 Å². The fraction of sp³-hybridized carbons (Fsp3) is 0.250. The summed E-state index contributed by atoms with van der Waals surface area (Å²) in [5.74, 6) is 0.351. The average molecular weight is 294 g/mol. The summed E-state index contributed by atoms with van der Waals surface area (Å²) in [4.78, 5) is 0. The molecule has 0 spiro atoms. The number of hydrogen-bond acceptors (Lipinski definition) is 2. The molecule has 4 heteroatoms. The standard InChI is InChI=1S/C16H17ClFNO/c1-2-19-10-12-4-3-5-14(8-12)20-11-13-6-7-15(17)16(18)9-13/h3-9,19H,2,10-11H2,1H3. The minimum Gasteiger partial charge on any atom is -0.489 e. The van der Waals surface area contributed by atoms with E-state index < -0.39 is 5.82 Å². The van der Waals surface area contributed by atoms with Gasteiger partial charge in [0, 0.05) is 6.54 Å². The van der Waals surface area contributed by atoms with E-state index in [1.807, 2.05) is 24.3 Å². The van der Waals surface area contributed by atoms with Crippen molar-refractivity contribution in [2.24, 2.45) is 0 Å². The predicted molar refractivity (Wildman–Crippen MR) is 79.6 cm³/mol. The molecular formula is C16H17ClFNO. The van der Waals surface area contributed by atoms with Gasteiger partial charge in [0.15, 0.2) is 0 Å². The Bertz CT molecular complexity index is 574. The van der Waals surface area contributed by atoms with Crippen LogP contribution in [0, 0.1) is 5.82 Å². The van der Waals surface area contributed by atoms with Crippen LogP contribution in [-0.4, -0.2) is 6.54 Å². The van der Waals surface area contributed by atoms with Crippen molar-refractivity contribution < 1.29 is 9.13 Å². The van der Waals surface area contributed by atoms with Gasteiger partial charge in [-0.15, -0.1) is 0 Å². The molecule has 0 bridgehead atoms. The van der Waals surface area contributed by atoms with Crippen LogP contribution in [0.15, 0.2) is 42.5 Å². The fourth-order valence-corrected chi connectivity index (χ4v) is 1.93. The van der Waals surface area contributed by atoms with Crippen LogP contribution in [0.3, 0.4) is 0 Å². The Morgan fingerprint density at radius 3 is 2.75 bits per heavy atom. The van der Waals surface area contributed by atoms with Crippen LogP contribution in [0.25, 0.3) is 0 Å². The number of halogens is 2. The second-order valence-electron chi connectivity index (χ2n) is 4.46. The van der Waals surface area contributed by atoms with E-state index in [0.717, 1.165) is 30.0 Å². The lowest BCUT2D eigenvalue weighted by Gasteiger charge is -2.09. The SMILES string of the molecule is CCNCc1cccc(OCc2ccc(Cl)c(F)c2)c1. The van der Waals surface area contributed by atoms with E-state index in [2.05, 4.69) is 12.2 Å². The molecule has 0 aliphatic carbocycles. The van der Waals surface area contributed by atoms with Gasteiger partial charge in [-0.25, -0.2) is 4.39 Å². The first-order valence-electron chi connectivity index (χ1n) is 6.55. The van der Waals surface area contributed by atoms with Crippen molar-refractivity contribution in [2.75, 3.05) is 6.54 Å². The van der Waals surface area contributed by atoms with Crippen LogP contribution in [0.1, 0.15) is 18.1 Å². The second kappa shape index (κ2) is 7.27. The highest BCUT2D eigenvalue weighted by molar-refractivity contribution is 6.30. The maximum absolute atomic E-state index is 13.3. The number of ether oxygens (including phenoxy) is 1. The molecule has 0 atom stereocenters. The number of nitrogens with one attached hydrogen (secondary N) is 1. The van der Waals surface area contributed by atoms with E-state index >= 15 is 0 Å². The molecule has 2 aromatic rings. The summed E-state index contributed by atoms with van der Waals surface area (Å²) in [5.41, 5.74) is 1.91. The van der Waals surface area contributed by atoms with Gasteiger partial charge in [-0.3, -0.25) is 0 Å². The van der Waals surface area contributed by atoms with Gasteiger partial charge in [-0.2, -0.15) is 0 Å². The van der Waals surface area contributed by atoms with Crippen LogP contribution >= 0.6 is 11.6 Å². The third-order valence-corrected chi connectivity index (χ3v) is 3.17. The Labute approximate surface area is 123 Å². The van der Waals surface area contributed by atoms with Crippen molar-refractivity contribution in [2.45, 2.75) is 20.1 Å². The number of rotatable bonds is 6. The molecule has 0 aliphatic rings. The Morgan fingerprint density at radius 2 is 2.00 bits per heavy atom. The molecule has 2 rings (SSSR count). The quantitative estimate of drug-likeness (QED) is 0.863. The van der Waals surface area contributed by atoms with Crippen LogP contribution < -0.4 is 10.1 Å². The van der Waals surface area contributed by atoms with Crippen molar-refractivity contribution in [3.8, 4) is 5.75 Å². The van der Waals surface area contributed by atoms with Crippen molar-refractivity contribution in [3.05, 3.63) is 64.4 Å². The third-order valence-electron chi connectivity index (χ3n) is 2.87. The van der Waals surface area contributed by atoms with Crippen molar-refractivity contribution >= 4 is 11.6 Å². The molecule has 0 saturated carbocycles. The van der Waals surface area contributed by atoms with Crippen LogP contribution in [-0.2, 0) is 13.2 Å². The Morgan fingerprint density at radius 1 is 1.15 bits per heavy atom. The smallest absolute Gasteiger partial charge is 0.142 e. The molecule has 0 radical (unpaired) electrons. The van der Waals surface area contributed by atoms with E-state index in [1.165, 1.54) is 12.1 Å². The molecule has 2 nitrogen and oxygen atoms in total. The first-order valence-corrected chi connectivity index (χ1v) is 6.93. The first kappa shape index (κ1) is 14.8. The zero-order chi connectivity index (χ0) is 14.4. The van der Waals surface area contributed by atoms with Gasteiger partial charge in [0.05, 0.1) is 5.02 Å². The van der Waals surface area contributed by atoms with Crippen LogP contribution in [0.5, 0.6) is 5.75 Å². The lowest BCUT2D eigenvalue weighted by Crippen LogP contribution is -2.11. The lowest BCUT2D eigenvalue weighted by atomic mass is 10.2. The monoisotopic (exact) mass is 293 g/mol. The zero-order valence-electron chi connectivity index (χ0n) is 11.3. The molecule has 1 N–H and O–H groups in total. The highest BCUT2D eigenvalue weighted by Gasteiger charge is 2.02. The lowest BCUT2D eigenvalue weighted by molar-refractivity contribution is 0.305. The molecule has 0 heterocycles. The van der Waals surface area contributed by atoms with Gasteiger partial charge in [0.25, 0.3) is 0 Å². The van der Waals surface area contributed by atoms with Gasteiger partial charge < -0.3 is 10.1 Å². The topological polar surface area (TPSA) is 21.3 Å². The zero-order valence-corrected chi connectivity index (χ0v) is 12.1. The first-order chi connectivity index (χ1) is 9.69. The molecule has 0 aromatic heterocycles. The van der Waals surface area contributed by atoms with Crippen molar-refractivity contribution in [1.29, 1.82) is 0 Å². The van der Waals surface area contributed by atoms with E-state index in [4.69, 9.17) is 16.3 Å². The van der Waals surface area contributed by atoms with Gasteiger partial charge in [-0.05, 0) is 41.9 Å². The molecule has 0 fully saturated rings. The summed E-state index contributed by atoms with van der Waals surface area (Å²) in [5, 5.41) is 3.39. The number of benzene rings is 2. The molecule has 2 aromatic carbocycles. The van der Waals surface area contributed by atoms with Crippen LogP contribution in [0.4, 0.5) is 4.39 Å². The summed E-state index contributed by atoms with van der Waals surface area (Å²) in [6.07, 6.45) is 0. The maximum atomic E-state index is 13.3. The molecule has 20 heavy (non-hydrogen) atoms. The largest absolute Gasteiger partial charge is 0.489 e. The van der Waals surface area contributed by atoms with Gasteiger partial charge in [-0.1, -0.05) is 36.7 Å². The summed E-state index contributed by atoms with van der Waals surface area (Å²) in [6.45, 7) is 4.12. The minimum atomic E-state index is -0.423. The van der Waals surface area contributed by atoms with E-state index in [9.17, 15) is 4.39 Å². The summed E-state index contributed by atoms with van der Waals surface area (Å²) in [7, 11) is 0. The van der Waals surface area contributed by atoms with Gasteiger partial charge in [0.2, 0.25) is 0 Å². The molecule has 0 amide bonds. The highest BCUT2D eigenvalue weighted by atomic mass is 35.5. The Balaban J connectivity index is 1.97. The molecule has 0 unspecified atom stereocenters. The number of hydrogen-bond donors (Lipinski definition) is 1. The predicted octanol–water partition coefficient (Wildman–Crippen LogP) is 4.17. The summed E-state index contributed by atoms with van der Waals surface area (Å²) in [6, 6.07) is 12.6. The third kappa shape index (κ3) is 4.22. The highest BCUT2D eigenvalue weighted by Crippen LogP contribution is 2.18. The fourth-order valence-electron chi connectivity index (χ4n) is 1.81. The molecular weight excluding hydrogens is 277 g/mol. The van der Waals surface area contributed by atoms with Crippen LogP contribution in [0.2, 0.25) is 5.02 Å². The Hall–Kier alpha value is -1.58. The minimum absolute atomic E-state index is 0.126. The summed E-state index contributed by atoms with van der Waals surface area (Å²) >= 11 is 5.64. The van der Waals surface area contributed by atoms with Gasteiger partial charge >= 0.3 is 0 Å². The summed E-state index contributed by atoms with van der Waals surface area (Å²) < 4.78 is 19.0. The Kier molecular flexibility index (Phi) is 5.39.